The molecule has 0 aliphatic carbocycles. The van der Waals surface area contributed by atoms with E-state index < -0.39 is 27.7 Å². The van der Waals surface area contributed by atoms with E-state index in [1.807, 2.05) is 6.92 Å². The lowest BCUT2D eigenvalue weighted by atomic mass is 10.1. The molecule has 0 saturated carbocycles. The number of nitrogens with zero attached hydrogens (tertiary/aromatic N) is 1. The van der Waals surface area contributed by atoms with Crippen molar-refractivity contribution in [3.63, 3.8) is 0 Å². The Bertz CT molecular complexity index is 344. The van der Waals surface area contributed by atoms with E-state index in [2.05, 4.69) is 4.72 Å². The van der Waals surface area contributed by atoms with Gasteiger partial charge in [0.2, 0.25) is 10.0 Å². The monoisotopic (exact) mass is 234 g/mol. The first-order valence-electron chi connectivity index (χ1n) is 4.50. The number of nitrogens with one attached hydrogen (secondary N) is 1. The van der Waals surface area contributed by atoms with Crippen molar-refractivity contribution in [2.45, 2.75) is 19.8 Å². The standard InChI is InChI=1S/C8H14N2O4S/c1-2-3-7(8(11)12)6-10-15(13,14)5-4-9/h7,10H,2-3,5-6H2,1H3,(H,11,12). The van der Waals surface area contributed by atoms with Gasteiger partial charge in [0.25, 0.3) is 0 Å². The van der Waals surface area contributed by atoms with Crippen LogP contribution in [-0.4, -0.2) is 31.8 Å². The molecule has 1 unspecified atom stereocenters. The van der Waals surface area contributed by atoms with Crippen LogP contribution in [0.15, 0.2) is 0 Å². The molecule has 15 heavy (non-hydrogen) atoms. The molecule has 6 nitrogen and oxygen atoms in total. The van der Waals surface area contributed by atoms with E-state index in [4.69, 9.17) is 10.4 Å². The fourth-order valence-electron chi connectivity index (χ4n) is 1.02. The number of carboxylic acid groups (broad SMARTS) is 1. The van der Waals surface area contributed by atoms with Gasteiger partial charge in [-0.15, -0.1) is 0 Å². The van der Waals surface area contributed by atoms with E-state index in [9.17, 15) is 13.2 Å². The maximum atomic E-state index is 11.0. The van der Waals surface area contributed by atoms with Crippen molar-refractivity contribution in [1.29, 1.82) is 5.26 Å². The summed E-state index contributed by atoms with van der Waals surface area (Å²) in [6, 6.07) is 1.50. The SMILES string of the molecule is CCCC(CNS(=O)(=O)CC#N)C(=O)O. The quantitative estimate of drug-likeness (QED) is 0.641. The molecular formula is C8H14N2O4S. The van der Waals surface area contributed by atoms with Crippen LogP contribution in [0.5, 0.6) is 0 Å². The number of hydrogen-bond donors (Lipinski definition) is 2. The van der Waals surface area contributed by atoms with Crippen LogP contribution >= 0.6 is 0 Å². The Morgan fingerprint density at radius 1 is 1.60 bits per heavy atom. The molecule has 1 atom stereocenters. The van der Waals surface area contributed by atoms with E-state index in [1.165, 1.54) is 6.07 Å². The van der Waals surface area contributed by atoms with Crippen LogP contribution < -0.4 is 4.72 Å². The third-order valence-corrected chi connectivity index (χ3v) is 2.91. The average Bonchev–Trinajstić information content (AvgIpc) is 2.11. The maximum Gasteiger partial charge on any atom is 0.307 e. The molecule has 0 heterocycles. The first kappa shape index (κ1) is 13.9. The van der Waals surface area contributed by atoms with Crippen LogP contribution in [0.3, 0.4) is 0 Å². The van der Waals surface area contributed by atoms with Crippen LogP contribution in [0, 0.1) is 17.2 Å². The first-order chi connectivity index (χ1) is 6.93. The summed E-state index contributed by atoms with van der Waals surface area (Å²) < 4.78 is 24.2. The summed E-state index contributed by atoms with van der Waals surface area (Å²) in [5.74, 6) is -2.41. The van der Waals surface area contributed by atoms with E-state index in [0.29, 0.717) is 12.8 Å². The highest BCUT2D eigenvalue weighted by molar-refractivity contribution is 7.89. The molecule has 0 spiro atoms. The normalized spacial score (nSPS) is 13.1. The predicted octanol–water partition coefficient (Wildman–Crippen LogP) is -0.0697. The summed E-state index contributed by atoms with van der Waals surface area (Å²) in [4.78, 5) is 10.7. The van der Waals surface area contributed by atoms with Crippen LogP contribution in [0.25, 0.3) is 0 Å². The van der Waals surface area contributed by atoms with Crippen LogP contribution in [0.4, 0.5) is 0 Å². The van der Waals surface area contributed by atoms with Crippen molar-refractivity contribution < 1.29 is 18.3 Å². The average molecular weight is 234 g/mol. The Balaban J connectivity index is 4.23. The zero-order chi connectivity index (χ0) is 11.9. The number of carbonyl (C=O) groups is 1. The maximum absolute atomic E-state index is 11.0. The zero-order valence-corrected chi connectivity index (χ0v) is 9.25. The number of carboxylic acids is 1. The van der Waals surface area contributed by atoms with E-state index in [-0.39, 0.29) is 6.54 Å². The molecule has 0 aliphatic heterocycles. The molecule has 0 radical (unpaired) electrons. The molecule has 0 rings (SSSR count). The molecule has 0 amide bonds. The van der Waals surface area contributed by atoms with Gasteiger partial charge < -0.3 is 5.11 Å². The molecule has 0 fully saturated rings. The van der Waals surface area contributed by atoms with Gasteiger partial charge in [-0.1, -0.05) is 13.3 Å². The smallest absolute Gasteiger partial charge is 0.307 e. The predicted molar refractivity (Wildman–Crippen MR) is 53.4 cm³/mol. The van der Waals surface area contributed by atoms with Gasteiger partial charge in [-0.05, 0) is 6.42 Å². The van der Waals surface area contributed by atoms with Crippen molar-refractivity contribution in [2.24, 2.45) is 5.92 Å². The third kappa shape index (κ3) is 6.04. The Morgan fingerprint density at radius 3 is 2.60 bits per heavy atom. The van der Waals surface area contributed by atoms with Gasteiger partial charge in [0.15, 0.2) is 5.75 Å². The largest absolute Gasteiger partial charge is 0.481 e. The summed E-state index contributed by atoms with van der Waals surface area (Å²) in [7, 11) is -3.65. The van der Waals surface area contributed by atoms with Crippen molar-refractivity contribution in [3.8, 4) is 6.07 Å². The van der Waals surface area contributed by atoms with Gasteiger partial charge in [0.1, 0.15) is 0 Å². The Hall–Kier alpha value is -1.13. The van der Waals surface area contributed by atoms with Gasteiger partial charge in [-0.3, -0.25) is 4.79 Å². The molecule has 7 heteroatoms. The van der Waals surface area contributed by atoms with Gasteiger partial charge >= 0.3 is 5.97 Å². The minimum atomic E-state index is -3.65. The second-order valence-electron chi connectivity index (χ2n) is 3.09. The Morgan fingerprint density at radius 2 is 2.20 bits per heavy atom. The van der Waals surface area contributed by atoms with E-state index in [0.717, 1.165) is 0 Å². The minimum absolute atomic E-state index is 0.160. The van der Waals surface area contributed by atoms with Crippen molar-refractivity contribution in [1.82, 2.24) is 4.72 Å². The van der Waals surface area contributed by atoms with Crippen LogP contribution in [0.1, 0.15) is 19.8 Å². The Kier molecular flexibility index (Phi) is 5.89. The molecule has 86 valence electrons. The lowest BCUT2D eigenvalue weighted by molar-refractivity contribution is -0.141. The molecule has 0 saturated heterocycles. The van der Waals surface area contributed by atoms with Crippen LogP contribution in [0.2, 0.25) is 0 Å². The third-order valence-electron chi connectivity index (χ3n) is 1.79. The highest BCUT2D eigenvalue weighted by Gasteiger charge is 2.19. The van der Waals surface area contributed by atoms with Gasteiger partial charge in [-0.25, -0.2) is 13.1 Å². The summed E-state index contributed by atoms with van der Waals surface area (Å²) in [5.41, 5.74) is 0. The lowest BCUT2D eigenvalue weighted by Crippen LogP contribution is -2.34. The fourth-order valence-corrected chi connectivity index (χ4v) is 1.75. The van der Waals surface area contributed by atoms with Crippen LogP contribution in [-0.2, 0) is 14.8 Å². The minimum Gasteiger partial charge on any atom is -0.481 e. The molecular weight excluding hydrogens is 220 g/mol. The lowest BCUT2D eigenvalue weighted by Gasteiger charge is -2.11. The van der Waals surface area contributed by atoms with Gasteiger partial charge in [-0.2, -0.15) is 5.26 Å². The highest BCUT2D eigenvalue weighted by Crippen LogP contribution is 2.05. The molecule has 0 aromatic rings. The van der Waals surface area contributed by atoms with Crippen molar-refractivity contribution >= 4 is 16.0 Å². The molecule has 0 aromatic carbocycles. The molecule has 2 N–H and O–H groups in total. The number of aliphatic carboxylic acids is 1. The Labute approximate surface area is 89.0 Å². The highest BCUT2D eigenvalue weighted by atomic mass is 32.2. The number of nitriles is 1. The number of sulfonamides is 1. The molecule has 0 aliphatic rings. The summed E-state index contributed by atoms with van der Waals surface area (Å²) in [6.45, 7) is 1.66. The number of rotatable bonds is 7. The number of hydrogen-bond acceptors (Lipinski definition) is 4. The summed E-state index contributed by atoms with van der Waals surface area (Å²) in [5, 5.41) is 16.9. The van der Waals surface area contributed by atoms with E-state index >= 15 is 0 Å². The van der Waals surface area contributed by atoms with E-state index in [1.54, 1.807) is 0 Å². The van der Waals surface area contributed by atoms with Gasteiger partial charge in [0, 0.05) is 6.54 Å². The summed E-state index contributed by atoms with van der Waals surface area (Å²) >= 11 is 0. The summed E-state index contributed by atoms with van der Waals surface area (Å²) in [6.07, 6.45) is 1.07. The van der Waals surface area contributed by atoms with Crippen molar-refractivity contribution in [2.75, 3.05) is 12.3 Å². The second-order valence-corrected chi connectivity index (χ2v) is 4.90. The zero-order valence-electron chi connectivity index (χ0n) is 8.43. The molecule has 0 aromatic heterocycles. The fraction of sp³-hybridized carbons (Fsp3) is 0.750. The topological polar surface area (TPSA) is 107 Å². The molecule has 0 bridgehead atoms. The second kappa shape index (κ2) is 6.37. The first-order valence-corrected chi connectivity index (χ1v) is 6.15. The van der Waals surface area contributed by atoms with Gasteiger partial charge in [0.05, 0.1) is 12.0 Å². The van der Waals surface area contributed by atoms with Crippen molar-refractivity contribution in [3.05, 3.63) is 0 Å².